The number of carbonyl (C=O) groups is 2. The summed E-state index contributed by atoms with van der Waals surface area (Å²) in [5.74, 6) is 1.28. The Bertz CT molecular complexity index is 692. The SMILES string of the molecule is CCCCC[C@H](CN(O)C=O)C(=O)NNc1nc(C2CC2)nc(N2CCCC2)n1. The second kappa shape index (κ2) is 10.3. The minimum absolute atomic E-state index is 0.0513. The van der Waals surface area contributed by atoms with Gasteiger partial charge in [-0.15, -0.1) is 0 Å². The van der Waals surface area contributed by atoms with Gasteiger partial charge >= 0.3 is 0 Å². The second-order valence-electron chi connectivity index (χ2n) is 7.82. The summed E-state index contributed by atoms with van der Waals surface area (Å²) in [4.78, 5) is 39.0. The number of carbonyl (C=O) groups excluding carboxylic acids is 2. The van der Waals surface area contributed by atoms with Crippen LogP contribution in [0, 0.1) is 5.92 Å². The van der Waals surface area contributed by atoms with Crippen molar-refractivity contribution in [3.63, 3.8) is 0 Å². The predicted octanol–water partition coefficient (Wildman–Crippen LogP) is 1.84. The fourth-order valence-electron chi connectivity index (χ4n) is 3.45. The molecule has 0 aromatic carbocycles. The van der Waals surface area contributed by atoms with Crippen LogP contribution in [0.2, 0.25) is 0 Å². The Hall–Kier alpha value is -2.49. The summed E-state index contributed by atoms with van der Waals surface area (Å²) < 4.78 is 0. The Labute approximate surface area is 171 Å². The molecule has 0 radical (unpaired) electrons. The third-order valence-electron chi connectivity index (χ3n) is 5.33. The van der Waals surface area contributed by atoms with Crippen molar-refractivity contribution in [2.45, 2.75) is 64.2 Å². The summed E-state index contributed by atoms with van der Waals surface area (Å²) in [6.45, 7) is 3.88. The lowest BCUT2D eigenvalue weighted by molar-refractivity contribution is -0.154. The minimum Gasteiger partial charge on any atom is -0.341 e. The van der Waals surface area contributed by atoms with Crippen molar-refractivity contribution in [2.24, 2.45) is 5.92 Å². The molecule has 1 aliphatic heterocycles. The Morgan fingerprint density at radius 2 is 2.03 bits per heavy atom. The van der Waals surface area contributed by atoms with Crippen LogP contribution in [0.25, 0.3) is 0 Å². The second-order valence-corrected chi connectivity index (χ2v) is 7.82. The van der Waals surface area contributed by atoms with E-state index in [2.05, 4.69) is 37.6 Å². The largest absolute Gasteiger partial charge is 0.341 e. The number of hydrazine groups is 1. The van der Waals surface area contributed by atoms with Gasteiger partial charge in [-0.05, 0) is 32.1 Å². The highest BCUT2D eigenvalue weighted by Gasteiger charge is 2.29. The van der Waals surface area contributed by atoms with E-state index in [0.717, 1.165) is 63.9 Å². The molecule has 1 aliphatic carbocycles. The number of hydrogen-bond donors (Lipinski definition) is 3. The molecule has 2 fully saturated rings. The molecule has 0 spiro atoms. The number of nitrogens with zero attached hydrogens (tertiary/aromatic N) is 5. The van der Waals surface area contributed by atoms with Gasteiger partial charge in [-0.3, -0.25) is 25.6 Å². The highest BCUT2D eigenvalue weighted by atomic mass is 16.5. The molecule has 1 aromatic heterocycles. The van der Waals surface area contributed by atoms with E-state index >= 15 is 0 Å². The molecule has 3 N–H and O–H groups in total. The smallest absolute Gasteiger partial charge is 0.246 e. The van der Waals surface area contributed by atoms with Gasteiger partial charge in [0, 0.05) is 19.0 Å². The number of anilines is 2. The Morgan fingerprint density at radius 3 is 2.69 bits per heavy atom. The lowest BCUT2D eigenvalue weighted by atomic mass is 10.0. The average molecular weight is 406 g/mol. The maximum absolute atomic E-state index is 12.6. The number of aromatic nitrogens is 3. The molecule has 0 unspecified atom stereocenters. The van der Waals surface area contributed by atoms with Crippen LogP contribution in [0.15, 0.2) is 0 Å². The molecule has 29 heavy (non-hydrogen) atoms. The van der Waals surface area contributed by atoms with Crippen molar-refractivity contribution in [1.82, 2.24) is 25.4 Å². The quantitative estimate of drug-likeness (QED) is 0.208. The van der Waals surface area contributed by atoms with E-state index in [-0.39, 0.29) is 12.5 Å². The van der Waals surface area contributed by atoms with Crippen LogP contribution in [0.3, 0.4) is 0 Å². The number of unbranched alkanes of at least 4 members (excludes halogenated alkanes) is 2. The van der Waals surface area contributed by atoms with E-state index in [0.29, 0.717) is 35.7 Å². The summed E-state index contributed by atoms with van der Waals surface area (Å²) in [7, 11) is 0. The zero-order valence-corrected chi connectivity index (χ0v) is 17.0. The van der Waals surface area contributed by atoms with E-state index < -0.39 is 5.92 Å². The van der Waals surface area contributed by atoms with E-state index in [9.17, 15) is 14.8 Å². The number of hydroxylamine groups is 2. The topological polar surface area (TPSA) is 124 Å². The molecule has 10 heteroatoms. The fraction of sp³-hybridized carbons (Fsp3) is 0.737. The van der Waals surface area contributed by atoms with Gasteiger partial charge in [0.25, 0.3) is 0 Å². The van der Waals surface area contributed by atoms with Crippen molar-refractivity contribution in [3.8, 4) is 0 Å². The maximum Gasteiger partial charge on any atom is 0.246 e. The van der Waals surface area contributed by atoms with Gasteiger partial charge in [0.15, 0.2) is 0 Å². The van der Waals surface area contributed by atoms with Crippen LogP contribution in [0.4, 0.5) is 11.9 Å². The van der Waals surface area contributed by atoms with Gasteiger partial charge in [-0.25, -0.2) is 5.06 Å². The van der Waals surface area contributed by atoms with Crippen LogP contribution in [-0.4, -0.2) is 57.2 Å². The van der Waals surface area contributed by atoms with E-state index in [4.69, 9.17) is 0 Å². The van der Waals surface area contributed by atoms with Gasteiger partial charge in [0.1, 0.15) is 5.82 Å². The van der Waals surface area contributed by atoms with Crippen molar-refractivity contribution < 1.29 is 14.8 Å². The van der Waals surface area contributed by atoms with Crippen LogP contribution in [0.1, 0.15) is 70.0 Å². The van der Waals surface area contributed by atoms with Crippen LogP contribution < -0.4 is 15.8 Å². The molecule has 160 valence electrons. The molecule has 0 bridgehead atoms. The maximum atomic E-state index is 12.6. The normalized spacial score (nSPS) is 17.1. The lowest BCUT2D eigenvalue weighted by Crippen LogP contribution is -2.40. The summed E-state index contributed by atoms with van der Waals surface area (Å²) in [5, 5.41) is 10.0. The summed E-state index contributed by atoms with van der Waals surface area (Å²) in [6.07, 6.45) is 8.14. The molecule has 1 saturated carbocycles. The highest BCUT2D eigenvalue weighted by molar-refractivity contribution is 5.80. The van der Waals surface area contributed by atoms with Crippen molar-refractivity contribution in [3.05, 3.63) is 5.82 Å². The summed E-state index contributed by atoms with van der Waals surface area (Å²) >= 11 is 0. The van der Waals surface area contributed by atoms with Crippen molar-refractivity contribution in [1.29, 1.82) is 0 Å². The Balaban J connectivity index is 1.64. The highest BCUT2D eigenvalue weighted by Crippen LogP contribution is 2.38. The van der Waals surface area contributed by atoms with Crippen molar-refractivity contribution in [2.75, 3.05) is 30.0 Å². The molecular formula is C19H31N7O3. The van der Waals surface area contributed by atoms with E-state index in [1.54, 1.807) is 0 Å². The van der Waals surface area contributed by atoms with Gasteiger partial charge in [-0.1, -0.05) is 26.2 Å². The number of amides is 2. The third-order valence-corrected chi connectivity index (χ3v) is 5.33. The number of nitrogens with one attached hydrogen (secondary N) is 2. The lowest BCUT2D eigenvalue weighted by Gasteiger charge is -2.20. The van der Waals surface area contributed by atoms with E-state index in [1.807, 2.05) is 0 Å². The first-order chi connectivity index (χ1) is 14.1. The Kier molecular flexibility index (Phi) is 7.56. The molecular weight excluding hydrogens is 374 g/mol. The molecule has 2 aliphatic rings. The van der Waals surface area contributed by atoms with Crippen molar-refractivity contribution >= 4 is 24.2 Å². The first kappa shape index (κ1) is 21.2. The zero-order valence-electron chi connectivity index (χ0n) is 17.0. The molecule has 2 heterocycles. The summed E-state index contributed by atoms with van der Waals surface area (Å²) in [5.41, 5.74) is 5.46. The molecule has 3 rings (SSSR count). The van der Waals surface area contributed by atoms with Gasteiger partial charge in [0.2, 0.25) is 24.2 Å². The monoisotopic (exact) mass is 405 g/mol. The van der Waals surface area contributed by atoms with Gasteiger partial charge in [0.05, 0.1) is 12.5 Å². The fourth-order valence-corrected chi connectivity index (χ4v) is 3.45. The first-order valence-corrected chi connectivity index (χ1v) is 10.6. The standard InChI is InChI=1S/C19H31N7O3/c1-2-3-4-7-15(12-26(29)13-27)17(28)23-24-18-20-16(14-8-9-14)21-19(22-18)25-10-5-6-11-25/h13-15,29H,2-12H2,1H3,(H,23,28)(H,20,21,22,24)/t15-/m1/s1. The number of rotatable bonds is 12. The summed E-state index contributed by atoms with van der Waals surface area (Å²) in [6, 6.07) is 0. The third kappa shape index (κ3) is 6.25. The first-order valence-electron chi connectivity index (χ1n) is 10.6. The van der Waals surface area contributed by atoms with E-state index in [1.165, 1.54) is 0 Å². The number of hydrogen-bond acceptors (Lipinski definition) is 8. The molecule has 1 saturated heterocycles. The minimum atomic E-state index is -0.521. The molecule has 10 nitrogen and oxygen atoms in total. The van der Waals surface area contributed by atoms with Gasteiger partial charge < -0.3 is 4.90 Å². The van der Waals surface area contributed by atoms with Gasteiger partial charge in [-0.2, -0.15) is 15.0 Å². The molecule has 1 atom stereocenters. The zero-order chi connectivity index (χ0) is 20.6. The molecule has 1 aromatic rings. The predicted molar refractivity (Wildman–Crippen MR) is 107 cm³/mol. The average Bonchev–Trinajstić information content (AvgIpc) is 3.45. The Morgan fingerprint density at radius 1 is 1.28 bits per heavy atom. The molecule has 2 amide bonds. The van der Waals surface area contributed by atoms with Crippen LogP contribution >= 0.6 is 0 Å². The van der Waals surface area contributed by atoms with Crippen LogP contribution in [0.5, 0.6) is 0 Å². The van der Waals surface area contributed by atoms with Crippen LogP contribution in [-0.2, 0) is 9.59 Å².